The van der Waals surface area contributed by atoms with Crippen LogP contribution in [-0.2, 0) is 4.65 Å². The Bertz CT molecular complexity index is 452. The highest BCUT2D eigenvalue weighted by molar-refractivity contribution is 6.67. The van der Waals surface area contributed by atoms with Crippen LogP contribution in [0.2, 0.25) is 10.0 Å². The molecule has 106 valence electrons. The summed E-state index contributed by atoms with van der Waals surface area (Å²) in [7, 11) is -1.47. The zero-order valence-electron chi connectivity index (χ0n) is 11.2. The van der Waals surface area contributed by atoms with Crippen molar-refractivity contribution >= 4 is 35.8 Å². The zero-order valence-corrected chi connectivity index (χ0v) is 12.7. The van der Waals surface area contributed by atoms with Crippen LogP contribution in [0.5, 0.6) is 0 Å². The van der Waals surface area contributed by atoms with Crippen molar-refractivity contribution in [1.29, 1.82) is 0 Å². The van der Waals surface area contributed by atoms with Gasteiger partial charge in [-0.3, -0.25) is 0 Å². The van der Waals surface area contributed by atoms with E-state index < -0.39 is 24.1 Å². The molecule has 0 aliphatic heterocycles. The van der Waals surface area contributed by atoms with Crippen molar-refractivity contribution in [3.8, 4) is 0 Å². The Kier molecular flexibility index (Phi) is 4.91. The Hall–Kier alpha value is -0.325. The normalized spacial score (nSPS) is 12.7. The largest absolute Gasteiger partial charge is 0.494 e. The van der Waals surface area contributed by atoms with Gasteiger partial charge in [-0.2, -0.15) is 0 Å². The fraction of sp³-hybridized carbons (Fsp3) is 0.500. The first-order valence-corrected chi connectivity index (χ1v) is 6.44. The molecule has 1 aromatic carbocycles. The summed E-state index contributed by atoms with van der Waals surface area (Å²) in [6.45, 7) is 6.32. The maximum Gasteiger partial charge on any atom is 0.494 e. The van der Waals surface area contributed by atoms with Crippen molar-refractivity contribution in [1.82, 2.24) is 0 Å². The van der Waals surface area contributed by atoms with E-state index in [1.807, 2.05) is 0 Å². The van der Waals surface area contributed by atoms with E-state index >= 15 is 0 Å². The van der Waals surface area contributed by atoms with Crippen molar-refractivity contribution in [2.75, 3.05) is 0 Å². The molecule has 0 aromatic heterocycles. The van der Waals surface area contributed by atoms with Gasteiger partial charge in [-0.1, -0.05) is 23.2 Å². The molecule has 0 amide bonds. The maximum atomic E-state index is 13.1. The van der Waals surface area contributed by atoms with Crippen LogP contribution in [0.4, 0.5) is 4.39 Å². The number of halogens is 3. The molecule has 0 aliphatic rings. The third kappa shape index (κ3) is 3.83. The molecule has 0 fully saturated rings. The van der Waals surface area contributed by atoms with Crippen LogP contribution >= 0.6 is 23.2 Å². The van der Waals surface area contributed by atoms with Crippen LogP contribution in [0.15, 0.2) is 12.1 Å². The number of aliphatic hydroxyl groups is 1. The molecule has 0 spiro atoms. The standard InChI is InChI=1S/C12H16BCl2FO3/c1-11(2,17)12(3,4)19-13(18)10-8(14)5-7(16)6-9(10)15/h5-6,17-18H,1-4H3. The molecule has 0 radical (unpaired) electrons. The highest BCUT2D eigenvalue weighted by Gasteiger charge is 2.40. The fourth-order valence-electron chi connectivity index (χ4n) is 1.27. The van der Waals surface area contributed by atoms with Crippen LogP contribution in [0.25, 0.3) is 0 Å². The topological polar surface area (TPSA) is 49.7 Å². The molecular formula is C12H16BCl2FO3. The highest BCUT2D eigenvalue weighted by Crippen LogP contribution is 2.26. The van der Waals surface area contributed by atoms with E-state index in [9.17, 15) is 14.5 Å². The molecule has 0 atom stereocenters. The van der Waals surface area contributed by atoms with Gasteiger partial charge in [-0.25, -0.2) is 4.39 Å². The Morgan fingerprint density at radius 1 is 1.16 bits per heavy atom. The van der Waals surface area contributed by atoms with E-state index in [0.29, 0.717) is 0 Å². The summed E-state index contributed by atoms with van der Waals surface area (Å²) < 4.78 is 18.5. The van der Waals surface area contributed by atoms with Gasteiger partial charge in [0.2, 0.25) is 0 Å². The lowest BCUT2D eigenvalue weighted by Gasteiger charge is -2.38. The quantitative estimate of drug-likeness (QED) is 0.840. The van der Waals surface area contributed by atoms with Crippen LogP contribution in [0.3, 0.4) is 0 Å². The SMILES string of the molecule is CC(C)(O)C(C)(C)OB(O)c1c(Cl)cc(F)cc1Cl. The van der Waals surface area contributed by atoms with Crippen molar-refractivity contribution in [3.05, 3.63) is 28.0 Å². The summed E-state index contributed by atoms with van der Waals surface area (Å²) in [6.07, 6.45) is 0. The predicted molar refractivity (Wildman–Crippen MR) is 75.5 cm³/mol. The first kappa shape index (κ1) is 16.7. The summed E-state index contributed by atoms with van der Waals surface area (Å²) in [4.78, 5) is 0. The molecule has 0 saturated carbocycles. The minimum absolute atomic E-state index is 0.0379. The number of hydrogen-bond donors (Lipinski definition) is 2. The van der Waals surface area contributed by atoms with Gasteiger partial charge < -0.3 is 14.8 Å². The highest BCUT2D eigenvalue weighted by atomic mass is 35.5. The van der Waals surface area contributed by atoms with Crippen molar-refractivity contribution in [2.45, 2.75) is 38.9 Å². The van der Waals surface area contributed by atoms with E-state index in [-0.39, 0.29) is 15.5 Å². The zero-order chi connectivity index (χ0) is 15.0. The average molecular weight is 309 g/mol. The summed E-state index contributed by atoms with van der Waals surface area (Å²) in [6, 6.07) is 2.07. The van der Waals surface area contributed by atoms with Gasteiger partial charge >= 0.3 is 7.12 Å². The molecule has 19 heavy (non-hydrogen) atoms. The molecular weight excluding hydrogens is 293 g/mol. The summed E-state index contributed by atoms with van der Waals surface area (Å²) in [5, 5.41) is 19.9. The first-order chi connectivity index (χ1) is 8.45. The van der Waals surface area contributed by atoms with E-state index in [1.165, 1.54) is 0 Å². The lowest BCUT2D eigenvalue weighted by Crippen LogP contribution is -2.53. The van der Waals surface area contributed by atoms with Gasteiger partial charge in [0.15, 0.2) is 0 Å². The van der Waals surface area contributed by atoms with Crippen molar-refractivity contribution in [3.63, 3.8) is 0 Å². The molecule has 2 N–H and O–H groups in total. The molecule has 0 saturated heterocycles. The smallest absolute Gasteiger partial charge is 0.423 e. The average Bonchev–Trinajstić information content (AvgIpc) is 2.12. The lowest BCUT2D eigenvalue weighted by atomic mass is 9.76. The van der Waals surface area contributed by atoms with Crippen molar-refractivity contribution < 1.29 is 19.2 Å². The Labute approximate surface area is 122 Å². The molecule has 1 rings (SSSR count). The maximum absolute atomic E-state index is 13.1. The minimum atomic E-state index is -1.47. The fourth-order valence-corrected chi connectivity index (χ4v) is 1.92. The second-order valence-corrected chi connectivity index (χ2v) is 6.14. The third-order valence-corrected chi connectivity index (χ3v) is 3.80. The Morgan fingerprint density at radius 2 is 1.58 bits per heavy atom. The monoisotopic (exact) mass is 308 g/mol. The molecule has 3 nitrogen and oxygen atoms in total. The lowest BCUT2D eigenvalue weighted by molar-refractivity contribution is -0.0982. The van der Waals surface area contributed by atoms with Gasteiger partial charge in [0.25, 0.3) is 0 Å². The van der Waals surface area contributed by atoms with E-state index in [4.69, 9.17) is 27.9 Å². The van der Waals surface area contributed by atoms with Gasteiger partial charge in [-0.05, 0) is 39.8 Å². The van der Waals surface area contributed by atoms with Crippen LogP contribution in [-0.4, -0.2) is 28.5 Å². The molecule has 0 unspecified atom stereocenters. The molecule has 0 aliphatic carbocycles. The van der Waals surface area contributed by atoms with Crippen molar-refractivity contribution in [2.24, 2.45) is 0 Å². The number of benzene rings is 1. The van der Waals surface area contributed by atoms with E-state index in [0.717, 1.165) is 12.1 Å². The predicted octanol–water partition coefficient (Wildman–Crippen LogP) is 2.39. The summed E-state index contributed by atoms with van der Waals surface area (Å²) in [5.41, 5.74) is -2.19. The van der Waals surface area contributed by atoms with Crippen LogP contribution in [0.1, 0.15) is 27.7 Å². The van der Waals surface area contributed by atoms with Gasteiger partial charge in [0.1, 0.15) is 5.82 Å². The second-order valence-electron chi connectivity index (χ2n) is 5.32. The summed E-state index contributed by atoms with van der Waals surface area (Å²) in [5.74, 6) is -0.604. The molecule has 0 heterocycles. The van der Waals surface area contributed by atoms with Gasteiger partial charge in [-0.15, -0.1) is 0 Å². The molecule has 7 heteroatoms. The summed E-state index contributed by atoms with van der Waals surface area (Å²) >= 11 is 11.7. The minimum Gasteiger partial charge on any atom is -0.423 e. The van der Waals surface area contributed by atoms with Crippen LogP contribution < -0.4 is 5.46 Å². The van der Waals surface area contributed by atoms with E-state index in [1.54, 1.807) is 27.7 Å². The van der Waals surface area contributed by atoms with E-state index in [2.05, 4.69) is 0 Å². The third-order valence-electron chi connectivity index (χ3n) is 3.17. The molecule has 1 aromatic rings. The Morgan fingerprint density at radius 3 is 1.95 bits per heavy atom. The Balaban J connectivity index is 3.06. The number of rotatable bonds is 4. The van der Waals surface area contributed by atoms with Crippen LogP contribution in [0, 0.1) is 5.82 Å². The number of hydrogen-bond acceptors (Lipinski definition) is 3. The van der Waals surface area contributed by atoms with Gasteiger partial charge in [0, 0.05) is 15.5 Å². The first-order valence-electron chi connectivity index (χ1n) is 5.68. The molecule has 0 bridgehead atoms. The second kappa shape index (κ2) is 5.58. The van der Waals surface area contributed by atoms with Gasteiger partial charge in [0.05, 0.1) is 11.2 Å².